The topological polar surface area (TPSA) is 56.3 Å². The van der Waals surface area contributed by atoms with Gasteiger partial charge in [0.1, 0.15) is 11.5 Å². The molecule has 0 spiro atoms. The fourth-order valence-electron chi connectivity index (χ4n) is 5.31. The highest BCUT2D eigenvalue weighted by molar-refractivity contribution is 6.30. The van der Waals surface area contributed by atoms with Gasteiger partial charge in [-0.25, -0.2) is 0 Å². The first-order valence-corrected chi connectivity index (χ1v) is 13.6. The molecule has 2 heterocycles. The van der Waals surface area contributed by atoms with Gasteiger partial charge >= 0.3 is 0 Å². The van der Waals surface area contributed by atoms with Gasteiger partial charge in [0.05, 0.1) is 11.1 Å². The number of phenols is 1. The Labute approximate surface area is 229 Å². The molecule has 0 aromatic heterocycles. The largest absolute Gasteiger partial charge is 0.507 e. The summed E-state index contributed by atoms with van der Waals surface area (Å²) in [5.74, 6) is 0.792. The first kappa shape index (κ1) is 26.1. The summed E-state index contributed by atoms with van der Waals surface area (Å²) < 4.78 is 6.17. The van der Waals surface area contributed by atoms with Gasteiger partial charge in [-0.3, -0.25) is 9.69 Å². The second kappa shape index (κ2) is 11.1. The Hall–Kier alpha value is -3.48. The van der Waals surface area contributed by atoms with E-state index in [0.29, 0.717) is 23.4 Å². The number of rotatable bonds is 7. The van der Waals surface area contributed by atoms with Crippen LogP contribution in [-0.2, 0) is 6.54 Å². The number of benzene rings is 3. The summed E-state index contributed by atoms with van der Waals surface area (Å²) in [7, 11) is 0. The smallest absolute Gasteiger partial charge is 0.232 e. The predicted molar refractivity (Wildman–Crippen MR) is 155 cm³/mol. The van der Waals surface area contributed by atoms with E-state index in [1.165, 1.54) is 0 Å². The fraction of sp³-hybridized carbons (Fsp3) is 0.323. The molecule has 0 saturated carbocycles. The third kappa shape index (κ3) is 5.24. The molecule has 1 N–H and O–H groups in total. The van der Waals surface area contributed by atoms with Crippen LogP contribution in [-0.4, -0.2) is 55.1 Å². The van der Waals surface area contributed by atoms with Crippen LogP contribution >= 0.6 is 11.6 Å². The van der Waals surface area contributed by atoms with E-state index in [9.17, 15) is 9.90 Å². The van der Waals surface area contributed by atoms with Crippen molar-refractivity contribution in [2.24, 2.45) is 0 Å². The van der Waals surface area contributed by atoms with Crippen molar-refractivity contribution in [3.05, 3.63) is 87.6 Å². The van der Waals surface area contributed by atoms with Gasteiger partial charge in [0.25, 0.3) is 0 Å². The van der Waals surface area contributed by atoms with E-state index in [-0.39, 0.29) is 17.3 Å². The minimum Gasteiger partial charge on any atom is -0.507 e. The number of phenolic OH excluding ortho intramolecular Hbond substituents is 1. The lowest BCUT2D eigenvalue weighted by Gasteiger charge is -2.36. The lowest BCUT2D eigenvalue weighted by molar-refractivity contribution is 0.101. The van der Waals surface area contributed by atoms with Crippen LogP contribution in [0.25, 0.3) is 6.08 Å². The van der Waals surface area contributed by atoms with Crippen molar-refractivity contribution in [3.8, 4) is 11.5 Å². The number of Topliss-reactive ketones (excluding diaryl/α,β-unsaturated/α-hetero) is 1. The normalized spacial score (nSPS) is 16.6. The summed E-state index contributed by atoms with van der Waals surface area (Å²) in [6, 6.07) is 17.7. The summed E-state index contributed by atoms with van der Waals surface area (Å²) in [4.78, 5) is 20.2. The number of carbonyl (C=O) groups is 1. The molecule has 0 bridgehead atoms. The maximum atomic E-state index is 13.4. The molecule has 198 valence electrons. The zero-order chi connectivity index (χ0) is 26.8. The average Bonchev–Trinajstić information content (AvgIpc) is 3.24. The van der Waals surface area contributed by atoms with Crippen LogP contribution in [0.1, 0.15) is 40.9 Å². The lowest BCUT2D eigenvalue weighted by atomic mass is 9.99. The Balaban J connectivity index is 1.33. The molecule has 1 saturated heterocycles. The van der Waals surface area contributed by atoms with Gasteiger partial charge in [0.2, 0.25) is 5.78 Å². The van der Waals surface area contributed by atoms with Crippen molar-refractivity contribution in [1.82, 2.24) is 4.90 Å². The number of nitrogens with zero attached hydrogens (tertiary/aromatic N) is 3. The third-order valence-corrected chi connectivity index (χ3v) is 7.70. The Morgan fingerprint density at radius 3 is 2.39 bits per heavy atom. The maximum absolute atomic E-state index is 13.4. The molecule has 0 amide bonds. The number of anilines is 2. The third-order valence-electron chi connectivity index (χ3n) is 7.47. The molecule has 2 aliphatic rings. The average molecular weight is 532 g/mol. The molecule has 2 aliphatic heterocycles. The highest BCUT2D eigenvalue weighted by Crippen LogP contribution is 2.42. The molecule has 5 rings (SSSR count). The van der Waals surface area contributed by atoms with Crippen LogP contribution in [0.15, 0.2) is 60.4 Å². The quantitative estimate of drug-likeness (QED) is 0.370. The molecule has 0 aliphatic carbocycles. The molecule has 1 fully saturated rings. The lowest BCUT2D eigenvalue weighted by Crippen LogP contribution is -2.46. The summed E-state index contributed by atoms with van der Waals surface area (Å²) in [5, 5.41) is 11.6. The number of fused-ring (bicyclic) bond motifs is 1. The highest BCUT2D eigenvalue weighted by Gasteiger charge is 2.34. The number of ether oxygens (including phenoxy) is 1. The van der Waals surface area contributed by atoms with E-state index in [1.54, 1.807) is 12.1 Å². The van der Waals surface area contributed by atoms with Crippen molar-refractivity contribution in [2.45, 2.75) is 27.3 Å². The van der Waals surface area contributed by atoms with Crippen LogP contribution in [0, 0.1) is 6.92 Å². The van der Waals surface area contributed by atoms with Gasteiger partial charge < -0.3 is 19.6 Å². The van der Waals surface area contributed by atoms with Crippen LogP contribution in [0.5, 0.6) is 11.5 Å². The molecule has 3 aromatic carbocycles. The molecule has 3 aromatic rings. The van der Waals surface area contributed by atoms with E-state index < -0.39 is 0 Å². The molecular formula is C31H34ClN3O3. The molecule has 0 radical (unpaired) electrons. The van der Waals surface area contributed by atoms with E-state index in [4.69, 9.17) is 16.3 Å². The Kier molecular flexibility index (Phi) is 7.63. The molecule has 0 atom stereocenters. The zero-order valence-corrected chi connectivity index (χ0v) is 23.0. The number of ketones is 1. The number of aromatic hydroxyl groups is 1. The first-order chi connectivity index (χ1) is 18.4. The van der Waals surface area contributed by atoms with Crippen LogP contribution in [0.4, 0.5) is 11.4 Å². The second-order valence-electron chi connectivity index (χ2n) is 9.84. The monoisotopic (exact) mass is 531 g/mol. The van der Waals surface area contributed by atoms with Crippen LogP contribution in [0.2, 0.25) is 5.02 Å². The van der Waals surface area contributed by atoms with Gasteiger partial charge in [-0.15, -0.1) is 0 Å². The van der Waals surface area contributed by atoms with E-state index in [2.05, 4.69) is 46.7 Å². The Morgan fingerprint density at radius 2 is 1.74 bits per heavy atom. The standard InChI is InChI=1S/C31H34ClN3O3/c1-4-34(5-2)24-11-9-22(10-12-24)18-28-30(37)29-21(3)17-27(36)26(31(29)38-28)20-33-13-15-35(16-14-33)25-8-6-7-23(32)19-25/h6-12,17-19,36H,4-5,13-16,20H2,1-3H3/b28-18+. The second-order valence-corrected chi connectivity index (χ2v) is 10.3. The van der Waals surface area contributed by atoms with Crippen molar-refractivity contribution < 1.29 is 14.6 Å². The van der Waals surface area contributed by atoms with Gasteiger partial charge in [-0.2, -0.15) is 0 Å². The van der Waals surface area contributed by atoms with Crippen molar-refractivity contribution in [2.75, 3.05) is 49.1 Å². The molecule has 7 heteroatoms. The van der Waals surface area contributed by atoms with Gasteiger partial charge in [0, 0.05) is 62.2 Å². The summed E-state index contributed by atoms with van der Waals surface area (Å²) in [5.41, 5.74) is 5.09. The number of hydrogen-bond acceptors (Lipinski definition) is 6. The van der Waals surface area contributed by atoms with E-state index in [1.807, 2.05) is 37.3 Å². The minimum atomic E-state index is -0.141. The van der Waals surface area contributed by atoms with Crippen LogP contribution in [0.3, 0.4) is 0 Å². The van der Waals surface area contributed by atoms with Crippen molar-refractivity contribution >= 4 is 34.8 Å². The van der Waals surface area contributed by atoms with E-state index >= 15 is 0 Å². The summed E-state index contributed by atoms with van der Waals surface area (Å²) in [6.45, 7) is 11.9. The van der Waals surface area contributed by atoms with E-state index in [0.717, 1.165) is 66.8 Å². The number of piperazine rings is 1. The number of allylic oxidation sites excluding steroid dienone is 1. The number of aryl methyl sites for hydroxylation is 1. The molecule has 6 nitrogen and oxygen atoms in total. The highest BCUT2D eigenvalue weighted by atomic mass is 35.5. The number of hydrogen-bond donors (Lipinski definition) is 1. The SMILES string of the molecule is CCN(CC)c1ccc(/C=C2/Oc3c(CN4CCN(c5cccc(Cl)c5)CC4)c(O)cc(C)c3C2=O)cc1. The Morgan fingerprint density at radius 1 is 1.03 bits per heavy atom. The summed E-state index contributed by atoms with van der Waals surface area (Å²) >= 11 is 6.18. The molecule has 38 heavy (non-hydrogen) atoms. The van der Waals surface area contributed by atoms with Gasteiger partial charge in [0.15, 0.2) is 5.76 Å². The van der Waals surface area contributed by atoms with Gasteiger partial charge in [-0.1, -0.05) is 29.8 Å². The number of halogens is 1. The fourth-order valence-corrected chi connectivity index (χ4v) is 5.50. The molecular weight excluding hydrogens is 498 g/mol. The predicted octanol–water partition coefficient (Wildman–Crippen LogP) is 6.14. The van der Waals surface area contributed by atoms with Crippen molar-refractivity contribution in [1.29, 1.82) is 0 Å². The van der Waals surface area contributed by atoms with Crippen molar-refractivity contribution in [3.63, 3.8) is 0 Å². The summed E-state index contributed by atoms with van der Waals surface area (Å²) in [6.07, 6.45) is 1.79. The maximum Gasteiger partial charge on any atom is 0.232 e. The minimum absolute atomic E-state index is 0.141. The molecule has 0 unspecified atom stereocenters. The zero-order valence-electron chi connectivity index (χ0n) is 22.2. The number of carbonyl (C=O) groups excluding carboxylic acids is 1. The van der Waals surface area contributed by atoms with Crippen LogP contribution < -0.4 is 14.5 Å². The van der Waals surface area contributed by atoms with Gasteiger partial charge in [-0.05, 0) is 74.4 Å². The first-order valence-electron chi connectivity index (χ1n) is 13.3. The Bertz CT molecular complexity index is 1360.